The van der Waals surface area contributed by atoms with Gasteiger partial charge >= 0.3 is 17.9 Å². The van der Waals surface area contributed by atoms with Gasteiger partial charge in [-0.1, -0.05) is 227 Å². The van der Waals surface area contributed by atoms with E-state index in [1.54, 1.807) is 0 Å². The van der Waals surface area contributed by atoms with Gasteiger partial charge < -0.3 is 14.2 Å². The number of ether oxygens (including phenoxy) is 3. The highest BCUT2D eigenvalue weighted by Crippen LogP contribution is 2.16. The zero-order valence-corrected chi connectivity index (χ0v) is 36.7. The van der Waals surface area contributed by atoms with Crippen LogP contribution in [0.15, 0.2) is 0 Å². The molecule has 0 aromatic heterocycles. The molecule has 0 aromatic carbocycles. The van der Waals surface area contributed by atoms with E-state index in [4.69, 9.17) is 14.2 Å². The van der Waals surface area contributed by atoms with Gasteiger partial charge in [-0.05, 0) is 25.2 Å². The average Bonchev–Trinajstić information content (AvgIpc) is 3.15. The van der Waals surface area contributed by atoms with Crippen LogP contribution in [0.4, 0.5) is 0 Å². The highest BCUT2D eigenvalue weighted by Gasteiger charge is 2.19. The molecule has 0 heterocycles. The lowest BCUT2D eigenvalue weighted by Crippen LogP contribution is -2.30. The molecule has 0 saturated carbocycles. The molecule has 0 rings (SSSR count). The molecule has 0 fully saturated rings. The lowest BCUT2D eigenvalue weighted by molar-refractivity contribution is -0.167. The van der Waals surface area contributed by atoms with Crippen LogP contribution < -0.4 is 0 Å². The van der Waals surface area contributed by atoms with Crippen LogP contribution in [0.1, 0.15) is 265 Å². The SMILES string of the molecule is CCCCCCCCCCCCCCCCCCCCC(=O)OC[C@H](COC(=O)CCCCCCCCCCC(C)C)OC(=O)CCCCCCCCC. The molecule has 0 aliphatic carbocycles. The number of rotatable bonds is 43. The molecule has 0 spiro atoms. The van der Waals surface area contributed by atoms with E-state index < -0.39 is 6.10 Å². The Labute approximate surface area is 336 Å². The first kappa shape index (κ1) is 52.4. The van der Waals surface area contributed by atoms with Gasteiger partial charge in [-0.25, -0.2) is 0 Å². The highest BCUT2D eigenvalue weighted by atomic mass is 16.6. The predicted octanol–water partition coefficient (Wildman–Crippen LogP) is 15.1. The molecule has 1 atom stereocenters. The van der Waals surface area contributed by atoms with E-state index in [-0.39, 0.29) is 31.1 Å². The Balaban J connectivity index is 4.16. The monoisotopic (exact) mass is 765 g/mol. The Hall–Kier alpha value is -1.59. The topological polar surface area (TPSA) is 78.9 Å². The molecule has 0 saturated heterocycles. The summed E-state index contributed by atoms with van der Waals surface area (Å²) in [5.41, 5.74) is 0. The van der Waals surface area contributed by atoms with Gasteiger partial charge in [0, 0.05) is 19.3 Å². The second kappa shape index (κ2) is 42.6. The van der Waals surface area contributed by atoms with E-state index in [9.17, 15) is 14.4 Å². The Morgan fingerprint density at radius 3 is 0.907 bits per heavy atom. The number of hydrogen-bond donors (Lipinski definition) is 0. The molecule has 320 valence electrons. The third kappa shape index (κ3) is 41.6. The van der Waals surface area contributed by atoms with Crippen molar-refractivity contribution in [2.24, 2.45) is 5.92 Å². The number of carbonyl (C=O) groups excluding carboxylic acids is 3. The van der Waals surface area contributed by atoms with Crippen LogP contribution in [0.5, 0.6) is 0 Å². The first-order chi connectivity index (χ1) is 26.4. The zero-order valence-electron chi connectivity index (χ0n) is 36.7. The minimum absolute atomic E-state index is 0.0644. The fourth-order valence-electron chi connectivity index (χ4n) is 7.16. The second-order valence-corrected chi connectivity index (χ2v) is 16.9. The van der Waals surface area contributed by atoms with Crippen molar-refractivity contribution in [3.63, 3.8) is 0 Å². The molecule has 6 nitrogen and oxygen atoms in total. The Kier molecular flexibility index (Phi) is 41.3. The molecule has 0 unspecified atom stereocenters. The predicted molar refractivity (Wildman–Crippen MR) is 229 cm³/mol. The molecular formula is C48H92O6. The Morgan fingerprint density at radius 2 is 0.611 bits per heavy atom. The summed E-state index contributed by atoms with van der Waals surface area (Å²) in [6.07, 6.45) is 42.5. The van der Waals surface area contributed by atoms with Crippen molar-refractivity contribution in [1.29, 1.82) is 0 Å². The van der Waals surface area contributed by atoms with Crippen LogP contribution in [0.2, 0.25) is 0 Å². The molecule has 0 aliphatic heterocycles. The van der Waals surface area contributed by atoms with Crippen molar-refractivity contribution in [3.8, 4) is 0 Å². The lowest BCUT2D eigenvalue weighted by Gasteiger charge is -2.18. The fraction of sp³-hybridized carbons (Fsp3) is 0.938. The minimum Gasteiger partial charge on any atom is -0.462 e. The van der Waals surface area contributed by atoms with Gasteiger partial charge in [-0.15, -0.1) is 0 Å². The summed E-state index contributed by atoms with van der Waals surface area (Å²) >= 11 is 0. The molecule has 6 heteroatoms. The molecule has 0 amide bonds. The molecule has 0 bridgehead atoms. The first-order valence-corrected chi connectivity index (χ1v) is 23.9. The summed E-state index contributed by atoms with van der Waals surface area (Å²) in [5, 5.41) is 0. The number of unbranched alkanes of at least 4 members (excludes halogenated alkanes) is 30. The van der Waals surface area contributed by atoms with Crippen molar-refractivity contribution in [3.05, 3.63) is 0 Å². The molecule has 0 aromatic rings. The molecule has 0 aliphatic rings. The van der Waals surface area contributed by atoms with E-state index in [1.165, 1.54) is 161 Å². The largest absolute Gasteiger partial charge is 0.462 e. The smallest absolute Gasteiger partial charge is 0.306 e. The van der Waals surface area contributed by atoms with Crippen LogP contribution in [0.25, 0.3) is 0 Å². The van der Waals surface area contributed by atoms with Gasteiger partial charge in [0.25, 0.3) is 0 Å². The van der Waals surface area contributed by atoms with Crippen LogP contribution in [-0.4, -0.2) is 37.2 Å². The third-order valence-electron chi connectivity index (χ3n) is 10.8. The lowest BCUT2D eigenvalue weighted by atomic mass is 10.0. The average molecular weight is 765 g/mol. The van der Waals surface area contributed by atoms with E-state index in [2.05, 4.69) is 27.7 Å². The van der Waals surface area contributed by atoms with Crippen LogP contribution in [0, 0.1) is 5.92 Å². The Morgan fingerprint density at radius 1 is 0.352 bits per heavy atom. The van der Waals surface area contributed by atoms with Gasteiger partial charge in [-0.3, -0.25) is 14.4 Å². The van der Waals surface area contributed by atoms with E-state index in [0.717, 1.165) is 63.7 Å². The van der Waals surface area contributed by atoms with Crippen molar-refractivity contribution in [2.75, 3.05) is 13.2 Å². The molecule has 54 heavy (non-hydrogen) atoms. The number of carbonyl (C=O) groups is 3. The van der Waals surface area contributed by atoms with Crippen LogP contribution in [-0.2, 0) is 28.6 Å². The maximum Gasteiger partial charge on any atom is 0.306 e. The van der Waals surface area contributed by atoms with Gasteiger partial charge in [0.2, 0.25) is 0 Å². The molecule has 0 radical (unpaired) electrons. The quantitative estimate of drug-likeness (QED) is 0.0349. The van der Waals surface area contributed by atoms with Gasteiger partial charge in [0.1, 0.15) is 13.2 Å². The van der Waals surface area contributed by atoms with Crippen molar-refractivity contribution in [2.45, 2.75) is 271 Å². The summed E-state index contributed by atoms with van der Waals surface area (Å²) in [4.78, 5) is 37.6. The normalized spacial score (nSPS) is 11.9. The third-order valence-corrected chi connectivity index (χ3v) is 10.8. The van der Waals surface area contributed by atoms with Crippen molar-refractivity contribution >= 4 is 17.9 Å². The second-order valence-electron chi connectivity index (χ2n) is 16.9. The zero-order chi connectivity index (χ0) is 39.6. The highest BCUT2D eigenvalue weighted by molar-refractivity contribution is 5.71. The molecular weight excluding hydrogens is 673 g/mol. The standard InChI is InChI=1S/C48H92O6/c1-5-7-9-11-13-14-15-16-17-18-19-20-21-22-23-28-31-35-39-46(49)52-42-45(54-48(51)41-37-33-26-12-10-8-6-2)43-53-47(50)40-36-32-29-25-24-27-30-34-38-44(3)4/h44-45H,5-43H2,1-4H3/t45-/m1/s1. The Bertz CT molecular complexity index is 811. The summed E-state index contributed by atoms with van der Waals surface area (Å²) in [5.74, 6) is -0.0635. The van der Waals surface area contributed by atoms with Gasteiger partial charge in [0.05, 0.1) is 0 Å². The number of hydrogen-bond acceptors (Lipinski definition) is 6. The van der Waals surface area contributed by atoms with Crippen LogP contribution >= 0.6 is 0 Å². The van der Waals surface area contributed by atoms with Crippen molar-refractivity contribution in [1.82, 2.24) is 0 Å². The van der Waals surface area contributed by atoms with Gasteiger partial charge in [0.15, 0.2) is 6.10 Å². The van der Waals surface area contributed by atoms with E-state index in [0.29, 0.717) is 19.3 Å². The molecule has 0 N–H and O–H groups in total. The summed E-state index contributed by atoms with van der Waals surface area (Å²) < 4.78 is 16.7. The summed E-state index contributed by atoms with van der Waals surface area (Å²) in [7, 11) is 0. The first-order valence-electron chi connectivity index (χ1n) is 23.9. The minimum atomic E-state index is -0.758. The van der Waals surface area contributed by atoms with Crippen molar-refractivity contribution < 1.29 is 28.6 Å². The van der Waals surface area contributed by atoms with Gasteiger partial charge in [-0.2, -0.15) is 0 Å². The fourth-order valence-corrected chi connectivity index (χ4v) is 7.16. The maximum absolute atomic E-state index is 12.6. The summed E-state index contributed by atoms with van der Waals surface area (Å²) in [6.45, 7) is 8.93. The van der Waals surface area contributed by atoms with E-state index >= 15 is 0 Å². The van der Waals surface area contributed by atoms with Crippen LogP contribution in [0.3, 0.4) is 0 Å². The maximum atomic E-state index is 12.6. The van der Waals surface area contributed by atoms with E-state index in [1.807, 2.05) is 0 Å². The number of esters is 3. The summed E-state index contributed by atoms with van der Waals surface area (Å²) in [6, 6.07) is 0.